The number of carbonyl (C=O) groups is 2. The van der Waals surface area contributed by atoms with Gasteiger partial charge in [0.15, 0.2) is 0 Å². The van der Waals surface area contributed by atoms with E-state index < -0.39 is 12.0 Å². The van der Waals surface area contributed by atoms with Crippen LogP contribution < -0.4 is 10.6 Å². The molecule has 1 rings (SSSR count). The summed E-state index contributed by atoms with van der Waals surface area (Å²) in [4.78, 5) is 22.9. The number of rotatable bonds is 8. The molecule has 116 valence electrons. The molecule has 0 aliphatic heterocycles. The van der Waals surface area contributed by atoms with Gasteiger partial charge >= 0.3 is 5.97 Å². The summed E-state index contributed by atoms with van der Waals surface area (Å²) in [6, 6.07) is 6.19. The summed E-state index contributed by atoms with van der Waals surface area (Å²) in [7, 11) is 0. The van der Waals surface area contributed by atoms with Crippen LogP contribution in [0, 0.1) is 5.92 Å². The standard InChI is InChI=1S/C15H21ClN2O3/c1-3-10(2)14(15(20)21)17-9-8-13(19)18-12-6-4-11(16)5-7-12/h4-7,10,14,17H,3,8-9H2,1-2H3,(H,18,19)(H,20,21)/t10-,14-/m0/s1. The summed E-state index contributed by atoms with van der Waals surface area (Å²) in [5, 5.41) is 15.4. The molecule has 0 aromatic heterocycles. The highest BCUT2D eigenvalue weighted by molar-refractivity contribution is 6.30. The molecular formula is C15H21ClN2O3. The molecule has 3 N–H and O–H groups in total. The van der Waals surface area contributed by atoms with Crippen molar-refractivity contribution in [2.75, 3.05) is 11.9 Å². The first-order valence-corrected chi connectivity index (χ1v) is 7.33. The van der Waals surface area contributed by atoms with E-state index in [2.05, 4.69) is 10.6 Å². The number of halogens is 1. The van der Waals surface area contributed by atoms with Crippen molar-refractivity contribution in [3.05, 3.63) is 29.3 Å². The highest BCUT2D eigenvalue weighted by atomic mass is 35.5. The third kappa shape index (κ3) is 6.14. The van der Waals surface area contributed by atoms with Crippen LogP contribution >= 0.6 is 11.6 Å². The number of amides is 1. The fourth-order valence-electron chi connectivity index (χ4n) is 1.87. The molecule has 1 aromatic carbocycles. The number of anilines is 1. The first kappa shape index (κ1) is 17.5. The van der Waals surface area contributed by atoms with Gasteiger partial charge in [0.25, 0.3) is 0 Å². The Hall–Kier alpha value is -1.59. The van der Waals surface area contributed by atoms with Crippen molar-refractivity contribution in [2.45, 2.75) is 32.7 Å². The van der Waals surface area contributed by atoms with Gasteiger partial charge in [0.2, 0.25) is 5.91 Å². The average molecular weight is 313 g/mol. The van der Waals surface area contributed by atoms with Gasteiger partial charge < -0.3 is 15.7 Å². The van der Waals surface area contributed by atoms with Crippen LogP contribution in [0.15, 0.2) is 24.3 Å². The van der Waals surface area contributed by atoms with E-state index in [-0.39, 0.29) is 18.2 Å². The third-order valence-corrected chi connectivity index (χ3v) is 3.58. The molecule has 21 heavy (non-hydrogen) atoms. The number of hydrogen-bond acceptors (Lipinski definition) is 3. The molecule has 5 nitrogen and oxygen atoms in total. The fraction of sp³-hybridized carbons (Fsp3) is 0.467. The molecule has 6 heteroatoms. The lowest BCUT2D eigenvalue weighted by atomic mass is 9.99. The molecule has 0 radical (unpaired) electrons. The van der Waals surface area contributed by atoms with Gasteiger partial charge in [-0.05, 0) is 30.2 Å². The Morgan fingerprint density at radius 1 is 1.29 bits per heavy atom. The molecule has 0 spiro atoms. The molecule has 0 unspecified atom stereocenters. The minimum atomic E-state index is -0.887. The molecule has 0 aliphatic carbocycles. The van der Waals surface area contributed by atoms with Crippen molar-refractivity contribution in [1.29, 1.82) is 0 Å². The van der Waals surface area contributed by atoms with Gasteiger partial charge in [-0.1, -0.05) is 31.9 Å². The van der Waals surface area contributed by atoms with E-state index in [4.69, 9.17) is 16.7 Å². The maximum atomic E-state index is 11.8. The summed E-state index contributed by atoms with van der Waals surface area (Å²) in [6.07, 6.45) is 0.976. The van der Waals surface area contributed by atoms with Gasteiger partial charge in [-0.25, -0.2) is 0 Å². The van der Waals surface area contributed by atoms with Crippen LogP contribution in [0.4, 0.5) is 5.69 Å². The highest BCUT2D eigenvalue weighted by Gasteiger charge is 2.22. The van der Waals surface area contributed by atoms with Gasteiger partial charge in [-0.2, -0.15) is 0 Å². The molecule has 0 heterocycles. The Labute approximate surface area is 129 Å². The van der Waals surface area contributed by atoms with Crippen LogP contribution in [0.1, 0.15) is 26.7 Å². The monoisotopic (exact) mass is 312 g/mol. The number of carboxylic acid groups (broad SMARTS) is 1. The van der Waals surface area contributed by atoms with Crippen molar-refractivity contribution in [2.24, 2.45) is 5.92 Å². The second-order valence-electron chi connectivity index (χ2n) is 4.96. The lowest BCUT2D eigenvalue weighted by Crippen LogP contribution is -2.42. The van der Waals surface area contributed by atoms with Crippen LogP contribution in [0.2, 0.25) is 5.02 Å². The molecular weight excluding hydrogens is 292 g/mol. The van der Waals surface area contributed by atoms with E-state index in [1.807, 2.05) is 13.8 Å². The summed E-state index contributed by atoms with van der Waals surface area (Å²) >= 11 is 5.76. The molecule has 0 fully saturated rings. The van der Waals surface area contributed by atoms with Crippen molar-refractivity contribution in [3.63, 3.8) is 0 Å². The van der Waals surface area contributed by atoms with Crippen molar-refractivity contribution in [3.8, 4) is 0 Å². The molecule has 0 saturated carbocycles. The quantitative estimate of drug-likeness (QED) is 0.689. The second kappa shape index (κ2) is 8.64. The SMILES string of the molecule is CC[C@H](C)[C@H](NCCC(=O)Nc1ccc(Cl)cc1)C(=O)O. The van der Waals surface area contributed by atoms with E-state index in [9.17, 15) is 9.59 Å². The zero-order valence-corrected chi connectivity index (χ0v) is 13.0. The van der Waals surface area contributed by atoms with E-state index in [1.54, 1.807) is 24.3 Å². The van der Waals surface area contributed by atoms with Crippen LogP contribution in [0.25, 0.3) is 0 Å². The number of carboxylic acids is 1. The Morgan fingerprint density at radius 2 is 1.90 bits per heavy atom. The van der Waals surface area contributed by atoms with Gasteiger partial charge in [0.1, 0.15) is 6.04 Å². The van der Waals surface area contributed by atoms with Crippen molar-refractivity contribution >= 4 is 29.2 Å². The average Bonchev–Trinajstić information content (AvgIpc) is 2.45. The van der Waals surface area contributed by atoms with E-state index in [0.29, 0.717) is 17.3 Å². The lowest BCUT2D eigenvalue weighted by molar-refractivity contribution is -0.141. The topological polar surface area (TPSA) is 78.4 Å². The Morgan fingerprint density at radius 3 is 2.43 bits per heavy atom. The van der Waals surface area contributed by atoms with Crippen LogP contribution in [-0.4, -0.2) is 29.6 Å². The summed E-state index contributed by atoms with van der Waals surface area (Å²) in [6.45, 7) is 4.13. The van der Waals surface area contributed by atoms with E-state index in [0.717, 1.165) is 6.42 Å². The van der Waals surface area contributed by atoms with E-state index >= 15 is 0 Å². The Balaban J connectivity index is 2.38. The smallest absolute Gasteiger partial charge is 0.320 e. The van der Waals surface area contributed by atoms with E-state index in [1.165, 1.54) is 0 Å². The predicted octanol–water partition coefficient (Wildman–Crippen LogP) is 2.76. The maximum absolute atomic E-state index is 11.8. The Bertz CT molecular complexity index is 476. The van der Waals surface area contributed by atoms with Gasteiger partial charge in [0.05, 0.1) is 0 Å². The molecule has 0 bridgehead atoms. The summed E-state index contributed by atoms with van der Waals surface area (Å²) in [5.74, 6) is -1.04. The first-order valence-electron chi connectivity index (χ1n) is 6.95. The number of nitrogens with one attached hydrogen (secondary N) is 2. The summed E-state index contributed by atoms with van der Waals surface area (Å²) in [5.41, 5.74) is 0.668. The van der Waals surface area contributed by atoms with Crippen molar-refractivity contribution < 1.29 is 14.7 Å². The van der Waals surface area contributed by atoms with Gasteiger partial charge in [-0.3, -0.25) is 9.59 Å². The fourth-order valence-corrected chi connectivity index (χ4v) is 1.99. The molecule has 0 saturated heterocycles. The lowest BCUT2D eigenvalue weighted by Gasteiger charge is -2.19. The van der Waals surface area contributed by atoms with Gasteiger partial charge in [-0.15, -0.1) is 0 Å². The minimum Gasteiger partial charge on any atom is -0.480 e. The largest absolute Gasteiger partial charge is 0.480 e. The normalized spacial score (nSPS) is 13.5. The predicted molar refractivity (Wildman–Crippen MR) is 83.6 cm³/mol. The second-order valence-corrected chi connectivity index (χ2v) is 5.40. The number of benzene rings is 1. The first-order chi connectivity index (χ1) is 9.93. The molecule has 0 aliphatic rings. The van der Waals surface area contributed by atoms with Crippen LogP contribution in [0.3, 0.4) is 0 Å². The highest BCUT2D eigenvalue weighted by Crippen LogP contribution is 2.13. The van der Waals surface area contributed by atoms with Crippen molar-refractivity contribution in [1.82, 2.24) is 5.32 Å². The number of aliphatic carboxylic acids is 1. The number of carbonyl (C=O) groups excluding carboxylic acids is 1. The third-order valence-electron chi connectivity index (χ3n) is 3.32. The zero-order valence-electron chi connectivity index (χ0n) is 12.2. The minimum absolute atomic E-state index is 0.0156. The maximum Gasteiger partial charge on any atom is 0.320 e. The Kier molecular flexibility index (Phi) is 7.19. The molecule has 1 aromatic rings. The summed E-state index contributed by atoms with van der Waals surface area (Å²) < 4.78 is 0. The van der Waals surface area contributed by atoms with Crippen LogP contribution in [-0.2, 0) is 9.59 Å². The molecule has 1 amide bonds. The zero-order chi connectivity index (χ0) is 15.8. The number of hydrogen-bond donors (Lipinski definition) is 3. The van der Waals surface area contributed by atoms with Crippen LogP contribution in [0.5, 0.6) is 0 Å². The molecule has 2 atom stereocenters. The van der Waals surface area contributed by atoms with Gasteiger partial charge in [0, 0.05) is 23.7 Å².